The van der Waals surface area contributed by atoms with E-state index in [0.29, 0.717) is 29.3 Å². The van der Waals surface area contributed by atoms with Crippen molar-refractivity contribution in [1.29, 1.82) is 0 Å². The monoisotopic (exact) mass is 439 g/mol. The summed E-state index contributed by atoms with van der Waals surface area (Å²) in [4.78, 5) is 14.9. The molecule has 31 heavy (non-hydrogen) atoms. The SMILES string of the molecule is Cc1nn2nc(-c3ccc(NCOCOC(=O)CCc4ccccc4)cc3)[nH]c2c1Cl. The number of halogens is 1. The minimum Gasteiger partial charge on any atom is -0.438 e. The minimum absolute atomic E-state index is 0.0922. The van der Waals surface area contributed by atoms with Crippen LogP contribution in [0.25, 0.3) is 17.0 Å². The highest BCUT2D eigenvalue weighted by molar-refractivity contribution is 6.34. The number of benzene rings is 2. The number of nitrogens with zero attached hydrogens (tertiary/aromatic N) is 3. The van der Waals surface area contributed by atoms with Gasteiger partial charge in [0.25, 0.3) is 0 Å². The molecule has 4 aromatic rings. The summed E-state index contributed by atoms with van der Waals surface area (Å²) < 4.78 is 11.9. The van der Waals surface area contributed by atoms with Gasteiger partial charge in [-0.2, -0.15) is 5.10 Å². The number of nitrogens with one attached hydrogen (secondary N) is 2. The second-order valence-corrected chi connectivity index (χ2v) is 7.31. The van der Waals surface area contributed by atoms with E-state index < -0.39 is 0 Å². The number of rotatable bonds is 9. The van der Waals surface area contributed by atoms with Crippen LogP contribution in [0.15, 0.2) is 54.6 Å². The number of anilines is 1. The summed E-state index contributed by atoms with van der Waals surface area (Å²) in [6, 6.07) is 17.5. The molecule has 0 aliphatic heterocycles. The second-order valence-electron chi connectivity index (χ2n) is 6.93. The molecule has 0 aliphatic carbocycles. The second kappa shape index (κ2) is 9.63. The number of ether oxygens (including phenoxy) is 2. The summed E-state index contributed by atoms with van der Waals surface area (Å²) >= 11 is 6.21. The normalized spacial score (nSPS) is 11.0. The third-order valence-corrected chi connectivity index (χ3v) is 5.15. The number of aryl methyl sites for hydroxylation is 2. The molecule has 0 aliphatic rings. The highest BCUT2D eigenvalue weighted by atomic mass is 35.5. The van der Waals surface area contributed by atoms with Crippen LogP contribution in [0.1, 0.15) is 17.7 Å². The molecule has 4 rings (SSSR count). The first-order valence-corrected chi connectivity index (χ1v) is 10.2. The zero-order chi connectivity index (χ0) is 21.6. The fourth-order valence-corrected chi connectivity index (χ4v) is 3.19. The summed E-state index contributed by atoms with van der Waals surface area (Å²) in [5, 5.41) is 12.3. The van der Waals surface area contributed by atoms with Gasteiger partial charge in [-0.3, -0.25) is 4.79 Å². The van der Waals surface area contributed by atoms with Gasteiger partial charge >= 0.3 is 5.97 Å². The first kappa shape index (κ1) is 20.9. The first-order chi connectivity index (χ1) is 15.1. The Labute approximate surface area is 184 Å². The Hall–Kier alpha value is -3.36. The molecule has 2 aromatic carbocycles. The van der Waals surface area contributed by atoms with Gasteiger partial charge in [0, 0.05) is 17.7 Å². The van der Waals surface area contributed by atoms with Gasteiger partial charge in [0.15, 0.2) is 18.3 Å². The minimum atomic E-state index is -0.284. The Morgan fingerprint density at radius 3 is 2.65 bits per heavy atom. The van der Waals surface area contributed by atoms with Crippen molar-refractivity contribution in [2.75, 3.05) is 18.8 Å². The van der Waals surface area contributed by atoms with Crippen LogP contribution < -0.4 is 5.32 Å². The lowest BCUT2D eigenvalue weighted by molar-refractivity contribution is -0.155. The number of fused-ring (bicyclic) bond motifs is 1. The molecule has 2 heterocycles. The van der Waals surface area contributed by atoms with E-state index in [1.165, 1.54) is 4.63 Å². The molecule has 0 radical (unpaired) electrons. The van der Waals surface area contributed by atoms with Crippen molar-refractivity contribution in [2.45, 2.75) is 19.8 Å². The maximum Gasteiger partial charge on any atom is 0.308 e. The van der Waals surface area contributed by atoms with Gasteiger partial charge in [0.05, 0.1) is 5.69 Å². The predicted octanol–water partition coefficient (Wildman–Crippen LogP) is 4.21. The largest absolute Gasteiger partial charge is 0.438 e. The highest BCUT2D eigenvalue weighted by Crippen LogP contribution is 2.24. The lowest BCUT2D eigenvalue weighted by atomic mass is 10.1. The molecule has 0 atom stereocenters. The quantitative estimate of drug-likeness (QED) is 0.230. The van der Waals surface area contributed by atoms with E-state index in [0.717, 1.165) is 22.5 Å². The molecule has 0 bridgehead atoms. The molecule has 0 unspecified atom stereocenters. The molecule has 0 saturated carbocycles. The maximum atomic E-state index is 11.8. The molecule has 2 aromatic heterocycles. The highest BCUT2D eigenvalue weighted by Gasteiger charge is 2.12. The van der Waals surface area contributed by atoms with Gasteiger partial charge < -0.3 is 19.8 Å². The number of hydrogen-bond donors (Lipinski definition) is 2. The van der Waals surface area contributed by atoms with E-state index in [1.54, 1.807) is 0 Å². The van der Waals surface area contributed by atoms with Gasteiger partial charge in [-0.1, -0.05) is 41.9 Å². The van der Waals surface area contributed by atoms with Crippen molar-refractivity contribution in [1.82, 2.24) is 19.8 Å². The number of hydrogen-bond acceptors (Lipinski definition) is 6. The van der Waals surface area contributed by atoms with Crippen molar-refractivity contribution >= 4 is 28.9 Å². The van der Waals surface area contributed by atoms with Gasteiger partial charge in [0.1, 0.15) is 11.8 Å². The molecule has 9 heteroatoms. The molecule has 0 saturated heterocycles. The number of aromatic nitrogens is 4. The van der Waals surface area contributed by atoms with Crippen molar-refractivity contribution < 1.29 is 14.3 Å². The number of esters is 1. The van der Waals surface area contributed by atoms with Crippen molar-refractivity contribution in [3.63, 3.8) is 0 Å². The maximum absolute atomic E-state index is 11.8. The first-order valence-electron chi connectivity index (χ1n) is 9.83. The van der Waals surface area contributed by atoms with E-state index in [2.05, 4.69) is 20.5 Å². The number of H-pyrrole nitrogens is 1. The van der Waals surface area contributed by atoms with E-state index >= 15 is 0 Å². The van der Waals surface area contributed by atoms with E-state index in [4.69, 9.17) is 21.1 Å². The summed E-state index contributed by atoms with van der Waals surface area (Å²) in [6.07, 6.45) is 0.974. The number of carbonyl (C=O) groups is 1. The van der Waals surface area contributed by atoms with Crippen LogP contribution in [0.3, 0.4) is 0 Å². The molecule has 0 spiro atoms. The third-order valence-electron chi connectivity index (χ3n) is 4.70. The van der Waals surface area contributed by atoms with Crippen LogP contribution in [0.2, 0.25) is 5.02 Å². The smallest absolute Gasteiger partial charge is 0.308 e. The third kappa shape index (κ3) is 5.22. The van der Waals surface area contributed by atoms with Crippen molar-refractivity contribution in [3.8, 4) is 11.4 Å². The van der Waals surface area contributed by atoms with Crippen molar-refractivity contribution in [2.24, 2.45) is 0 Å². The van der Waals surface area contributed by atoms with Crippen molar-refractivity contribution in [3.05, 3.63) is 70.9 Å². The van der Waals surface area contributed by atoms with E-state index in [1.807, 2.05) is 61.5 Å². The Morgan fingerprint density at radius 2 is 1.90 bits per heavy atom. The zero-order valence-electron chi connectivity index (χ0n) is 17.0. The van der Waals surface area contributed by atoms with Gasteiger partial charge in [-0.25, -0.2) is 0 Å². The molecule has 2 N–H and O–H groups in total. The van der Waals surface area contributed by atoms with Gasteiger partial charge in [-0.05, 0) is 43.2 Å². The Bertz CT molecular complexity index is 1160. The van der Waals surface area contributed by atoms with E-state index in [9.17, 15) is 4.79 Å². The Morgan fingerprint density at radius 1 is 1.13 bits per heavy atom. The average molecular weight is 440 g/mol. The fraction of sp³-hybridized carbons (Fsp3) is 0.227. The zero-order valence-corrected chi connectivity index (χ0v) is 17.7. The number of aromatic amines is 1. The summed E-state index contributed by atoms with van der Waals surface area (Å²) in [5.41, 5.74) is 4.27. The molecule has 0 amide bonds. The molecule has 0 fully saturated rings. The Kier molecular flexibility index (Phi) is 6.49. The van der Waals surface area contributed by atoms with Crippen LogP contribution in [-0.4, -0.2) is 39.3 Å². The van der Waals surface area contributed by atoms with E-state index in [-0.39, 0.29) is 19.5 Å². The lowest BCUT2D eigenvalue weighted by Crippen LogP contribution is -2.13. The topological polar surface area (TPSA) is 93.5 Å². The summed E-state index contributed by atoms with van der Waals surface area (Å²) in [6.45, 7) is 1.96. The van der Waals surface area contributed by atoms with Crippen LogP contribution in [0.4, 0.5) is 5.69 Å². The molecular formula is C22H22ClN5O3. The number of carbonyl (C=O) groups excluding carboxylic acids is 1. The van der Waals surface area contributed by atoms with Crippen LogP contribution >= 0.6 is 11.6 Å². The molecule has 8 nitrogen and oxygen atoms in total. The molecular weight excluding hydrogens is 418 g/mol. The van der Waals surface area contributed by atoms with Gasteiger partial charge in [-0.15, -0.1) is 9.73 Å². The summed E-state index contributed by atoms with van der Waals surface area (Å²) in [5.74, 6) is 0.392. The van der Waals surface area contributed by atoms with Crippen LogP contribution in [0.5, 0.6) is 0 Å². The lowest BCUT2D eigenvalue weighted by Gasteiger charge is -2.09. The fourth-order valence-electron chi connectivity index (χ4n) is 3.03. The van der Waals surface area contributed by atoms with Crippen LogP contribution in [0, 0.1) is 6.92 Å². The summed E-state index contributed by atoms with van der Waals surface area (Å²) in [7, 11) is 0. The average Bonchev–Trinajstić information content (AvgIpc) is 3.32. The van der Waals surface area contributed by atoms with Gasteiger partial charge in [0.2, 0.25) is 0 Å². The Balaban J connectivity index is 1.18. The van der Waals surface area contributed by atoms with Crippen LogP contribution in [-0.2, 0) is 20.7 Å². The predicted molar refractivity (Wildman–Crippen MR) is 118 cm³/mol. The standard InChI is InChI=1S/C22H22ClN5O3/c1-15-20(23)22-25-21(27-28(22)26-15)17-8-10-18(11-9-17)24-13-30-14-31-19(29)12-7-16-5-3-2-4-6-16/h2-6,8-11,24H,7,12-14H2,1H3,(H,25,27). The molecule has 160 valence electrons.